The van der Waals surface area contributed by atoms with Gasteiger partial charge in [-0.25, -0.2) is 8.78 Å². The molecule has 0 atom stereocenters. The zero-order valence-corrected chi connectivity index (χ0v) is 13.2. The van der Waals surface area contributed by atoms with Crippen LogP contribution in [0.5, 0.6) is 11.5 Å². The monoisotopic (exact) mass is 343 g/mol. The van der Waals surface area contributed by atoms with Crippen LogP contribution in [0, 0.1) is 11.6 Å². The number of benzene rings is 2. The van der Waals surface area contributed by atoms with Gasteiger partial charge in [-0.1, -0.05) is 12.1 Å². The Morgan fingerprint density at radius 3 is 2.12 bits per heavy atom. The molecule has 3 nitrogen and oxygen atoms in total. The van der Waals surface area contributed by atoms with Crippen LogP contribution in [0.4, 0.5) is 17.6 Å². The number of halogens is 4. The van der Waals surface area contributed by atoms with E-state index in [4.69, 9.17) is 4.74 Å². The van der Waals surface area contributed by atoms with Crippen LogP contribution in [0.15, 0.2) is 36.4 Å². The van der Waals surface area contributed by atoms with E-state index in [1.165, 1.54) is 19.2 Å². The van der Waals surface area contributed by atoms with Gasteiger partial charge in [0.1, 0.15) is 0 Å². The molecule has 7 heteroatoms. The van der Waals surface area contributed by atoms with Crippen LogP contribution in [0.3, 0.4) is 0 Å². The molecule has 0 saturated carbocycles. The Balaban J connectivity index is 2.07. The summed E-state index contributed by atoms with van der Waals surface area (Å²) in [5.41, 5.74) is 1.32. The van der Waals surface area contributed by atoms with E-state index in [2.05, 4.69) is 4.74 Å². The average molecular weight is 343 g/mol. The van der Waals surface area contributed by atoms with E-state index in [0.29, 0.717) is 18.7 Å². The summed E-state index contributed by atoms with van der Waals surface area (Å²) in [6, 6.07) is 8.42. The topological polar surface area (TPSA) is 21.7 Å². The summed E-state index contributed by atoms with van der Waals surface area (Å²) in [4.78, 5) is 1.83. The van der Waals surface area contributed by atoms with Crippen LogP contribution in [0.25, 0.3) is 0 Å². The first-order valence-electron chi connectivity index (χ1n) is 7.13. The summed E-state index contributed by atoms with van der Waals surface area (Å²) in [7, 11) is 3.14. The summed E-state index contributed by atoms with van der Waals surface area (Å²) in [6.07, 6.45) is 0. The Hall–Kier alpha value is -2.28. The molecule has 0 bridgehead atoms. The number of alkyl halides is 2. The van der Waals surface area contributed by atoms with E-state index in [1.54, 1.807) is 19.2 Å². The van der Waals surface area contributed by atoms with E-state index in [9.17, 15) is 17.6 Å². The number of nitrogens with zero attached hydrogens (tertiary/aromatic N) is 1. The first-order valence-corrected chi connectivity index (χ1v) is 7.13. The number of methoxy groups -OCH3 is 1. The molecule has 0 fully saturated rings. The second kappa shape index (κ2) is 8.01. The van der Waals surface area contributed by atoms with Crippen LogP contribution in [-0.4, -0.2) is 25.7 Å². The molecule has 0 aliphatic rings. The van der Waals surface area contributed by atoms with Crippen molar-refractivity contribution in [1.29, 1.82) is 0 Å². The quantitative estimate of drug-likeness (QED) is 0.703. The molecule has 0 aliphatic carbocycles. The summed E-state index contributed by atoms with van der Waals surface area (Å²) < 4.78 is 60.4. The third-order valence-corrected chi connectivity index (χ3v) is 3.33. The van der Waals surface area contributed by atoms with Gasteiger partial charge in [-0.3, -0.25) is 4.90 Å². The number of ether oxygens (including phenoxy) is 2. The molecule has 0 radical (unpaired) electrons. The predicted octanol–water partition coefficient (Wildman–Crippen LogP) is 4.21. The second-order valence-corrected chi connectivity index (χ2v) is 5.28. The van der Waals surface area contributed by atoms with E-state index in [-0.39, 0.29) is 11.5 Å². The minimum atomic E-state index is -2.95. The highest BCUT2D eigenvalue weighted by atomic mass is 19.3. The number of hydrogen-bond acceptors (Lipinski definition) is 3. The average Bonchev–Trinajstić information content (AvgIpc) is 2.50. The van der Waals surface area contributed by atoms with Crippen molar-refractivity contribution in [1.82, 2.24) is 4.90 Å². The van der Waals surface area contributed by atoms with Gasteiger partial charge in [0.2, 0.25) is 0 Å². The molecule has 0 N–H and O–H groups in total. The maximum absolute atomic E-state index is 13.2. The van der Waals surface area contributed by atoms with Gasteiger partial charge in [-0.05, 0) is 42.4 Å². The first kappa shape index (κ1) is 18.1. The van der Waals surface area contributed by atoms with Crippen molar-refractivity contribution in [2.45, 2.75) is 19.7 Å². The molecule has 0 aliphatic heterocycles. The number of rotatable bonds is 7. The Morgan fingerprint density at radius 2 is 1.54 bits per heavy atom. The predicted molar refractivity (Wildman–Crippen MR) is 81.2 cm³/mol. The van der Waals surface area contributed by atoms with Crippen molar-refractivity contribution in [2.24, 2.45) is 0 Å². The van der Waals surface area contributed by atoms with Gasteiger partial charge in [-0.2, -0.15) is 8.78 Å². The van der Waals surface area contributed by atoms with E-state index < -0.39 is 18.2 Å². The van der Waals surface area contributed by atoms with Crippen molar-refractivity contribution >= 4 is 0 Å². The lowest BCUT2D eigenvalue weighted by molar-refractivity contribution is -0.0512. The lowest BCUT2D eigenvalue weighted by Crippen LogP contribution is -2.17. The van der Waals surface area contributed by atoms with E-state index >= 15 is 0 Å². The molecule has 0 amide bonds. The van der Waals surface area contributed by atoms with Gasteiger partial charge in [0.25, 0.3) is 0 Å². The fourth-order valence-electron chi connectivity index (χ4n) is 2.32. The van der Waals surface area contributed by atoms with Gasteiger partial charge < -0.3 is 9.47 Å². The first-order chi connectivity index (χ1) is 11.4. The standard InChI is InChI=1S/C17H17F4NO2/c1-22(9-11-3-5-13(18)14(19)7-11)10-12-4-6-15(23-2)16(8-12)24-17(20)21/h3-8,17H,9-10H2,1-2H3. The molecule has 2 rings (SSSR count). The molecule has 130 valence electrons. The fourth-order valence-corrected chi connectivity index (χ4v) is 2.32. The molecule has 0 heterocycles. The third kappa shape index (κ3) is 4.86. The Kier molecular flexibility index (Phi) is 6.03. The molecule has 2 aromatic carbocycles. The molecular formula is C17H17F4NO2. The zero-order chi connectivity index (χ0) is 17.7. The highest BCUT2D eigenvalue weighted by Gasteiger charge is 2.12. The van der Waals surface area contributed by atoms with Crippen LogP contribution in [-0.2, 0) is 13.1 Å². The van der Waals surface area contributed by atoms with Gasteiger partial charge in [0.15, 0.2) is 23.1 Å². The van der Waals surface area contributed by atoms with E-state index in [1.807, 2.05) is 4.90 Å². The van der Waals surface area contributed by atoms with Gasteiger partial charge in [0.05, 0.1) is 7.11 Å². The normalized spacial score (nSPS) is 11.2. The van der Waals surface area contributed by atoms with Gasteiger partial charge >= 0.3 is 6.61 Å². The van der Waals surface area contributed by atoms with Gasteiger partial charge in [0, 0.05) is 13.1 Å². The molecule has 2 aromatic rings. The highest BCUT2D eigenvalue weighted by molar-refractivity contribution is 5.43. The van der Waals surface area contributed by atoms with Crippen LogP contribution in [0.2, 0.25) is 0 Å². The largest absolute Gasteiger partial charge is 0.493 e. The zero-order valence-electron chi connectivity index (χ0n) is 13.2. The van der Waals surface area contributed by atoms with Crippen molar-refractivity contribution in [3.05, 3.63) is 59.2 Å². The Labute approximate surface area is 137 Å². The number of hydrogen-bond donors (Lipinski definition) is 0. The van der Waals surface area contributed by atoms with E-state index in [0.717, 1.165) is 17.7 Å². The van der Waals surface area contributed by atoms with Crippen LogP contribution in [0.1, 0.15) is 11.1 Å². The summed E-state index contributed by atoms with van der Waals surface area (Å²) >= 11 is 0. The third-order valence-electron chi connectivity index (χ3n) is 3.33. The second-order valence-electron chi connectivity index (χ2n) is 5.28. The van der Waals surface area contributed by atoms with Gasteiger partial charge in [-0.15, -0.1) is 0 Å². The van der Waals surface area contributed by atoms with Crippen molar-refractivity contribution < 1.29 is 27.0 Å². The molecule has 0 saturated heterocycles. The summed E-state index contributed by atoms with van der Waals surface area (Å²) in [5, 5.41) is 0. The molecule has 0 unspecified atom stereocenters. The van der Waals surface area contributed by atoms with Crippen LogP contribution >= 0.6 is 0 Å². The molecule has 24 heavy (non-hydrogen) atoms. The minimum absolute atomic E-state index is 0.0498. The minimum Gasteiger partial charge on any atom is -0.493 e. The molecular weight excluding hydrogens is 326 g/mol. The lowest BCUT2D eigenvalue weighted by atomic mass is 10.1. The fraction of sp³-hybridized carbons (Fsp3) is 0.294. The highest BCUT2D eigenvalue weighted by Crippen LogP contribution is 2.30. The summed E-state index contributed by atoms with van der Waals surface area (Å²) in [5.74, 6) is -1.64. The van der Waals surface area contributed by atoms with Crippen molar-refractivity contribution in [2.75, 3.05) is 14.2 Å². The Morgan fingerprint density at radius 1 is 0.917 bits per heavy atom. The van der Waals surface area contributed by atoms with Crippen molar-refractivity contribution in [3.63, 3.8) is 0 Å². The summed E-state index contributed by atoms with van der Waals surface area (Å²) in [6.45, 7) is -2.18. The molecule has 0 spiro atoms. The lowest BCUT2D eigenvalue weighted by Gasteiger charge is -2.18. The van der Waals surface area contributed by atoms with Crippen LogP contribution < -0.4 is 9.47 Å². The Bertz CT molecular complexity index is 694. The smallest absolute Gasteiger partial charge is 0.387 e. The maximum Gasteiger partial charge on any atom is 0.387 e. The maximum atomic E-state index is 13.2. The SMILES string of the molecule is COc1ccc(CN(C)Cc2ccc(F)c(F)c2)cc1OC(F)F. The van der Waals surface area contributed by atoms with Crippen molar-refractivity contribution in [3.8, 4) is 11.5 Å². The molecule has 0 aromatic heterocycles.